The second-order valence-electron chi connectivity index (χ2n) is 7.05. The lowest BCUT2D eigenvalue weighted by Gasteiger charge is -2.18. The van der Waals surface area contributed by atoms with E-state index in [9.17, 15) is 14.7 Å². The number of benzene rings is 2. The molecule has 4 N–H and O–H groups in total. The van der Waals surface area contributed by atoms with Crippen LogP contribution >= 0.6 is 11.3 Å². The molecule has 7 nitrogen and oxygen atoms in total. The number of carbonyl (C=O) groups is 2. The molecule has 8 heteroatoms. The van der Waals surface area contributed by atoms with Crippen molar-refractivity contribution in [3.05, 3.63) is 69.7 Å². The molecule has 156 valence electrons. The van der Waals surface area contributed by atoms with Gasteiger partial charge in [0.25, 0.3) is 0 Å². The number of ether oxygens (including phenoxy) is 1. The molecule has 30 heavy (non-hydrogen) atoms. The molecule has 1 unspecified atom stereocenters. The van der Waals surface area contributed by atoms with Gasteiger partial charge in [0.2, 0.25) is 0 Å². The quantitative estimate of drug-likeness (QED) is 0.342. The Kier molecular flexibility index (Phi) is 6.68. The van der Waals surface area contributed by atoms with E-state index >= 15 is 0 Å². The zero-order chi connectivity index (χ0) is 21.7. The van der Waals surface area contributed by atoms with Gasteiger partial charge in [0.05, 0.1) is 11.3 Å². The van der Waals surface area contributed by atoms with Crippen molar-refractivity contribution >= 4 is 35.0 Å². The standard InChI is InChI=1S/C22H23N3O4S/c1-13(2)20-12-30-21(25-20)11-29-16-8-14(23)7-15(9-16)24-19(10-26)17-5-3-4-6-18(17)22(27)28/h3-10,12-13,19,24H,11,23H2,1-2H3,(H,27,28). The molecule has 0 spiro atoms. The zero-order valence-corrected chi connectivity index (χ0v) is 17.5. The van der Waals surface area contributed by atoms with E-state index in [0.29, 0.717) is 41.5 Å². The highest BCUT2D eigenvalue weighted by molar-refractivity contribution is 7.09. The first-order chi connectivity index (χ1) is 14.4. The third kappa shape index (κ3) is 5.15. The summed E-state index contributed by atoms with van der Waals surface area (Å²) in [5, 5.41) is 15.3. The van der Waals surface area contributed by atoms with Gasteiger partial charge >= 0.3 is 5.97 Å². The molecular formula is C22H23N3O4S. The molecule has 0 radical (unpaired) electrons. The maximum atomic E-state index is 11.7. The predicted octanol–water partition coefficient (Wildman–Crippen LogP) is 4.48. The molecule has 0 aliphatic carbocycles. The summed E-state index contributed by atoms with van der Waals surface area (Å²) < 4.78 is 5.83. The van der Waals surface area contributed by atoms with Gasteiger partial charge in [-0.2, -0.15) is 0 Å². The molecule has 1 atom stereocenters. The van der Waals surface area contributed by atoms with Crippen LogP contribution in [0.15, 0.2) is 47.8 Å². The van der Waals surface area contributed by atoms with E-state index in [1.54, 1.807) is 36.4 Å². The molecule has 2 aromatic carbocycles. The number of thiazole rings is 1. The second kappa shape index (κ2) is 9.41. The summed E-state index contributed by atoms with van der Waals surface area (Å²) in [5.41, 5.74) is 8.45. The van der Waals surface area contributed by atoms with E-state index in [2.05, 4.69) is 24.1 Å². The maximum absolute atomic E-state index is 11.7. The lowest BCUT2D eigenvalue weighted by Crippen LogP contribution is -2.16. The van der Waals surface area contributed by atoms with E-state index in [0.717, 1.165) is 10.7 Å². The van der Waals surface area contributed by atoms with Gasteiger partial charge in [-0.3, -0.25) is 0 Å². The van der Waals surface area contributed by atoms with Gasteiger partial charge < -0.3 is 25.7 Å². The number of carboxylic acid groups (broad SMARTS) is 1. The number of nitrogen functional groups attached to an aromatic ring is 1. The summed E-state index contributed by atoms with van der Waals surface area (Å²) >= 11 is 1.54. The van der Waals surface area contributed by atoms with Crippen LogP contribution in [0.4, 0.5) is 11.4 Å². The van der Waals surface area contributed by atoms with Gasteiger partial charge in [0.15, 0.2) is 0 Å². The van der Waals surface area contributed by atoms with Gasteiger partial charge in [0.1, 0.15) is 29.7 Å². The van der Waals surface area contributed by atoms with Gasteiger partial charge in [-0.1, -0.05) is 32.0 Å². The van der Waals surface area contributed by atoms with E-state index in [1.807, 2.05) is 5.38 Å². The normalized spacial score (nSPS) is 11.8. The van der Waals surface area contributed by atoms with Crippen LogP contribution in [0.2, 0.25) is 0 Å². The predicted molar refractivity (Wildman–Crippen MR) is 117 cm³/mol. The van der Waals surface area contributed by atoms with Crippen molar-refractivity contribution in [2.75, 3.05) is 11.1 Å². The summed E-state index contributed by atoms with van der Waals surface area (Å²) in [5.74, 6) is -0.220. The first-order valence-corrected chi connectivity index (χ1v) is 10.3. The van der Waals surface area contributed by atoms with Crippen molar-refractivity contribution in [3.63, 3.8) is 0 Å². The molecular weight excluding hydrogens is 402 g/mol. The zero-order valence-electron chi connectivity index (χ0n) is 16.7. The highest BCUT2D eigenvalue weighted by atomic mass is 32.1. The summed E-state index contributed by atoms with van der Waals surface area (Å²) in [6.07, 6.45) is 0.661. The molecule has 0 aliphatic heterocycles. The van der Waals surface area contributed by atoms with E-state index < -0.39 is 12.0 Å². The minimum atomic E-state index is -1.10. The van der Waals surface area contributed by atoms with Crippen molar-refractivity contribution in [1.82, 2.24) is 4.98 Å². The number of hydrogen-bond donors (Lipinski definition) is 3. The van der Waals surface area contributed by atoms with Gasteiger partial charge in [-0.25, -0.2) is 9.78 Å². The van der Waals surface area contributed by atoms with Gasteiger partial charge in [0, 0.05) is 28.9 Å². The SMILES string of the molecule is CC(C)c1csc(COc2cc(N)cc(NC(C=O)c3ccccc3C(=O)O)c2)n1. The fraction of sp³-hybridized carbons (Fsp3) is 0.227. The summed E-state index contributed by atoms with van der Waals surface area (Å²) in [7, 11) is 0. The number of anilines is 2. The molecule has 0 saturated heterocycles. The lowest BCUT2D eigenvalue weighted by atomic mass is 10.0. The number of carbonyl (C=O) groups excluding carboxylic acids is 1. The lowest BCUT2D eigenvalue weighted by molar-refractivity contribution is -0.108. The molecule has 1 heterocycles. The Morgan fingerprint density at radius 2 is 2.07 bits per heavy atom. The van der Waals surface area contributed by atoms with Crippen LogP contribution in [0.1, 0.15) is 52.4 Å². The molecule has 3 aromatic rings. The van der Waals surface area contributed by atoms with Crippen LogP contribution in [-0.2, 0) is 11.4 Å². The number of rotatable bonds is 9. The fourth-order valence-electron chi connectivity index (χ4n) is 2.92. The summed E-state index contributed by atoms with van der Waals surface area (Å²) in [4.78, 5) is 27.7. The third-order valence-corrected chi connectivity index (χ3v) is 5.28. The topological polar surface area (TPSA) is 115 Å². The number of aldehydes is 1. The van der Waals surface area contributed by atoms with Crippen molar-refractivity contribution < 1.29 is 19.4 Å². The van der Waals surface area contributed by atoms with Crippen LogP contribution in [0.25, 0.3) is 0 Å². The number of carboxylic acids is 1. The number of hydrogen-bond acceptors (Lipinski definition) is 7. The molecule has 1 aromatic heterocycles. The average molecular weight is 426 g/mol. The van der Waals surface area contributed by atoms with Crippen LogP contribution in [0.5, 0.6) is 5.75 Å². The maximum Gasteiger partial charge on any atom is 0.336 e. The van der Waals surface area contributed by atoms with Gasteiger partial charge in [-0.05, 0) is 23.6 Å². The summed E-state index contributed by atoms with van der Waals surface area (Å²) in [6.45, 7) is 4.47. The smallest absolute Gasteiger partial charge is 0.336 e. The van der Waals surface area contributed by atoms with Crippen LogP contribution in [-0.4, -0.2) is 22.3 Å². The minimum absolute atomic E-state index is 0.0622. The Hall–Kier alpha value is -3.39. The monoisotopic (exact) mass is 425 g/mol. The van der Waals surface area contributed by atoms with Crippen LogP contribution in [0.3, 0.4) is 0 Å². The van der Waals surface area contributed by atoms with Crippen molar-refractivity contribution in [1.29, 1.82) is 0 Å². The number of aromatic carboxylic acids is 1. The highest BCUT2D eigenvalue weighted by Gasteiger charge is 2.18. The Balaban J connectivity index is 1.77. The fourth-order valence-corrected chi connectivity index (χ4v) is 3.78. The Bertz CT molecular complexity index is 1050. The van der Waals surface area contributed by atoms with E-state index in [4.69, 9.17) is 10.5 Å². The molecule has 0 amide bonds. The van der Waals surface area contributed by atoms with Gasteiger partial charge in [-0.15, -0.1) is 11.3 Å². The molecule has 0 saturated carbocycles. The first kappa shape index (κ1) is 21.3. The number of aromatic nitrogens is 1. The molecule has 0 aliphatic rings. The largest absolute Gasteiger partial charge is 0.486 e. The highest BCUT2D eigenvalue weighted by Crippen LogP contribution is 2.28. The number of nitrogens with zero attached hydrogens (tertiary/aromatic N) is 1. The molecule has 0 fully saturated rings. The number of nitrogens with one attached hydrogen (secondary N) is 1. The van der Waals surface area contributed by atoms with Crippen LogP contribution in [0, 0.1) is 0 Å². The molecule has 3 rings (SSSR count). The van der Waals surface area contributed by atoms with E-state index in [1.165, 1.54) is 17.4 Å². The number of nitrogens with two attached hydrogens (primary N) is 1. The molecule has 0 bridgehead atoms. The Morgan fingerprint density at radius 3 is 2.73 bits per heavy atom. The van der Waals surface area contributed by atoms with E-state index in [-0.39, 0.29) is 5.56 Å². The minimum Gasteiger partial charge on any atom is -0.486 e. The second-order valence-corrected chi connectivity index (χ2v) is 7.99. The Morgan fingerprint density at radius 1 is 1.30 bits per heavy atom. The van der Waals surface area contributed by atoms with Crippen LogP contribution < -0.4 is 15.8 Å². The van der Waals surface area contributed by atoms with Crippen molar-refractivity contribution in [2.24, 2.45) is 0 Å². The van der Waals surface area contributed by atoms with Crippen molar-refractivity contribution in [2.45, 2.75) is 32.4 Å². The average Bonchev–Trinajstić information content (AvgIpc) is 3.19. The first-order valence-electron chi connectivity index (χ1n) is 9.39. The third-order valence-electron chi connectivity index (χ3n) is 4.44. The van der Waals surface area contributed by atoms with Crippen molar-refractivity contribution in [3.8, 4) is 5.75 Å². The summed E-state index contributed by atoms with van der Waals surface area (Å²) in [6, 6.07) is 10.6. The Labute approximate surface area is 178 Å².